The molecule has 0 bridgehead atoms. The lowest BCUT2D eigenvalue weighted by Gasteiger charge is -2.10. The van der Waals surface area contributed by atoms with Crippen LogP contribution in [0.4, 0.5) is 5.69 Å². The second kappa shape index (κ2) is 4.15. The van der Waals surface area contributed by atoms with E-state index in [1.807, 2.05) is 6.07 Å². The van der Waals surface area contributed by atoms with Gasteiger partial charge in [-0.05, 0) is 44.0 Å². The van der Waals surface area contributed by atoms with Crippen LogP contribution in [-0.4, -0.2) is 6.04 Å². The highest BCUT2D eigenvalue weighted by Crippen LogP contribution is 2.11. The number of hydrogen-bond acceptors (Lipinski definition) is 1. The first-order chi connectivity index (χ1) is 5.72. The maximum Gasteiger partial charge on any atom is 0.0345 e. The van der Waals surface area contributed by atoms with Crippen molar-refractivity contribution in [3.05, 3.63) is 29.8 Å². The van der Waals surface area contributed by atoms with Crippen molar-refractivity contribution in [2.75, 3.05) is 5.32 Å². The molecule has 1 nitrogen and oxygen atoms in total. The molecule has 0 aliphatic heterocycles. The summed E-state index contributed by atoms with van der Waals surface area (Å²) in [6, 6.07) is 9.87. The molecule has 1 rings (SSSR count). The van der Waals surface area contributed by atoms with Crippen molar-refractivity contribution in [3.8, 4) is 0 Å². The Kier molecular flexibility index (Phi) is 3.15. The lowest BCUT2D eigenvalue weighted by molar-refractivity contribution is 0.898. The van der Waals surface area contributed by atoms with E-state index in [2.05, 4.69) is 44.3 Å². The van der Waals surface area contributed by atoms with Crippen molar-refractivity contribution in [1.29, 1.82) is 0 Å². The van der Waals surface area contributed by atoms with E-state index in [0.29, 0.717) is 6.04 Å². The Bertz CT molecular complexity index is 241. The van der Waals surface area contributed by atoms with E-state index in [1.165, 1.54) is 11.3 Å². The monoisotopic (exact) mass is 162 g/mol. The van der Waals surface area contributed by atoms with E-state index in [0.717, 1.165) is 6.42 Å². The third-order valence-corrected chi connectivity index (χ3v) is 1.70. The molecule has 1 heteroatoms. The maximum atomic E-state index is 3.36. The van der Waals surface area contributed by atoms with Crippen LogP contribution < -0.4 is 5.32 Å². The van der Waals surface area contributed by atoms with Gasteiger partial charge in [-0.25, -0.2) is 0 Å². The van der Waals surface area contributed by atoms with Gasteiger partial charge in [-0.1, -0.05) is 13.0 Å². The van der Waals surface area contributed by atoms with Gasteiger partial charge in [0.05, 0.1) is 0 Å². The summed E-state index contributed by atoms with van der Waals surface area (Å²) in [6.45, 7) is 6.43. The Morgan fingerprint density at radius 3 is 2.83 bits per heavy atom. The Labute approximate surface area is 74.8 Å². The number of anilines is 1. The second-order valence-electron chi connectivity index (χ2n) is 3.26. The number of nitrogens with one attached hydrogen (secondary N) is 1. The lowest BCUT2D eigenvalue weighted by Crippen LogP contribution is -2.09. The van der Waals surface area contributed by atoms with Gasteiger partial charge in [-0.3, -0.25) is 0 Å². The Morgan fingerprint density at radius 2 is 2.25 bits per heavy atom. The summed E-state index contributed by atoms with van der Waals surface area (Å²) < 4.78 is 0. The second-order valence-corrected chi connectivity index (χ2v) is 3.26. The molecule has 0 saturated carbocycles. The summed E-state index contributed by atoms with van der Waals surface area (Å²) in [6.07, 6.45) is 1.05. The van der Waals surface area contributed by atoms with Gasteiger partial charge >= 0.3 is 0 Å². The molecular weight excluding hydrogens is 146 g/mol. The van der Waals surface area contributed by atoms with Crippen molar-refractivity contribution in [2.24, 2.45) is 0 Å². The van der Waals surface area contributed by atoms with Crippen LogP contribution in [0.25, 0.3) is 0 Å². The highest BCUT2D eigenvalue weighted by molar-refractivity contribution is 5.45. The minimum atomic E-state index is 0.497. The largest absolute Gasteiger partial charge is 0.383 e. The van der Waals surface area contributed by atoms with Gasteiger partial charge < -0.3 is 5.32 Å². The highest BCUT2D eigenvalue weighted by Gasteiger charge is 1.95. The van der Waals surface area contributed by atoms with Gasteiger partial charge in [0.15, 0.2) is 0 Å². The molecule has 0 heterocycles. The fourth-order valence-electron chi connectivity index (χ4n) is 1.14. The van der Waals surface area contributed by atoms with Crippen LogP contribution in [-0.2, 0) is 6.42 Å². The van der Waals surface area contributed by atoms with Gasteiger partial charge in [0.1, 0.15) is 0 Å². The Hall–Kier alpha value is -0.980. The van der Waals surface area contributed by atoms with Gasteiger partial charge in [-0.15, -0.1) is 0 Å². The molecule has 1 aromatic rings. The van der Waals surface area contributed by atoms with E-state index in [1.54, 1.807) is 0 Å². The lowest BCUT2D eigenvalue weighted by atomic mass is 10.1. The average Bonchev–Trinajstić information content (AvgIpc) is 2.03. The molecular formula is C11H16N. The Morgan fingerprint density at radius 1 is 1.50 bits per heavy atom. The molecule has 0 fully saturated rings. The number of aryl methyl sites for hydroxylation is 1. The SMILES string of the molecule is CCc1[c]ccc(NC(C)C)c1. The molecule has 0 aliphatic rings. The first-order valence-electron chi connectivity index (χ1n) is 4.49. The molecule has 12 heavy (non-hydrogen) atoms. The summed E-state index contributed by atoms with van der Waals surface area (Å²) in [5.41, 5.74) is 2.46. The third-order valence-electron chi connectivity index (χ3n) is 1.70. The molecule has 0 spiro atoms. The number of benzene rings is 1. The quantitative estimate of drug-likeness (QED) is 0.720. The third kappa shape index (κ3) is 2.57. The zero-order valence-corrected chi connectivity index (χ0v) is 8.02. The molecule has 1 radical (unpaired) electrons. The first kappa shape index (κ1) is 9.11. The summed E-state index contributed by atoms with van der Waals surface area (Å²) in [5, 5.41) is 3.36. The van der Waals surface area contributed by atoms with Crippen molar-refractivity contribution in [1.82, 2.24) is 0 Å². The zero-order chi connectivity index (χ0) is 8.97. The summed E-state index contributed by atoms with van der Waals surface area (Å²) in [7, 11) is 0. The van der Waals surface area contributed by atoms with E-state index in [9.17, 15) is 0 Å². The molecule has 0 aromatic heterocycles. The predicted molar refractivity (Wildman–Crippen MR) is 53.4 cm³/mol. The smallest absolute Gasteiger partial charge is 0.0345 e. The number of rotatable bonds is 3. The summed E-state index contributed by atoms with van der Waals surface area (Å²) in [4.78, 5) is 0. The van der Waals surface area contributed by atoms with Crippen LogP contribution in [0.15, 0.2) is 18.2 Å². The molecule has 65 valence electrons. The van der Waals surface area contributed by atoms with Crippen LogP contribution in [0.1, 0.15) is 26.3 Å². The first-order valence-corrected chi connectivity index (χ1v) is 4.49. The topological polar surface area (TPSA) is 12.0 Å². The molecule has 0 unspecified atom stereocenters. The van der Waals surface area contributed by atoms with Crippen LogP contribution in [0, 0.1) is 6.07 Å². The van der Waals surface area contributed by atoms with E-state index < -0.39 is 0 Å². The highest BCUT2D eigenvalue weighted by atomic mass is 14.9. The van der Waals surface area contributed by atoms with Gasteiger partial charge in [-0.2, -0.15) is 0 Å². The predicted octanol–water partition coefficient (Wildman–Crippen LogP) is 2.87. The average molecular weight is 162 g/mol. The van der Waals surface area contributed by atoms with Gasteiger partial charge in [0.2, 0.25) is 0 Å². The van der Waals surface area contributed by atoms with Crippen molar-refractivity contribution in [3.63, 3.8) is 0 Å². The van der Waals surface area contributed by atoms with Gasteiger partial charge in [0.25, 0.3) is 0 Å². The molecule has 1 aromatic carbocycles. The summed E-state index contributed by atoms with van der Waals surface area (Å²) >= 11 is 0. The number of hydrogen-bond donors (Lipinski definition) is 1. The van der Waals surface area contributed by atoms with Crippen LogP contribution in [0.3, 0.4) is 0 Å². The minimum Gasteiger partial charge on any atom is -0.383 e. The molecule has 0 aliphatic carbocycles. The fraction of sp³-hybridized carbons (Fsp3) is 0.455. The minimum absolute atomic E-state index is 0.497. The zero-order valence-electron chi connectivity index (χ0n) is 8.02. The fourth-order valence-corrected chi connectivity index (χ4v) is 1.14. The molecule has 0 amide bonds. The van der Waals surface area contributed by atoms with Gasteiger partial charge in [0, 0.05) is 11.7 Å². The van der Waals surface area contributed by atoms with E-state index in [4.69, 9.17) is 0 Å². The Balaban J connectivity index is 2.72. The van der Waals surface area contributed by atoms with Crippen molar-refractivity contribution in [2.45, 2.75) is 33.2 Å². The molecule has 1 N–H and O–H groups in total. The standard InChI is InChI=1S/C11H16N/c1-4-10-6-5-7-11(8-10)12-9(2)3/h5,7-9,12H,4H2,1-3H3. The van der Waals surface area contributed by atoms with Crippen LogP contribution in [0.2, 0.25) is 0 Å². The molecule has 0 atom stereocenters. The van der Waals surface area contributed by atoms with E-state index >= 15 is 0 Å². The van der Waals surface area contributed by atoms with Crippen LogP contribution >= 0.6 is 0 Å². The maximum absolute atomic E-state index is 3.36. The van der Waals surface area contributed by atoms with Crippen LogP contribution in [0.5, 0.6) is 0 Å². The van der Waals surface area contributed by atoms with Crippen molar-refractivity contribution >= 4 is 5.69 Å². The normalized spacial score (nSPS) is 10.3. The molecule has 0 saturated heterocycles. The summed E-state index contributed by atoms with van der Waals surface area (Å²) in [5.74, 6) is 0. The van der Waals surface area contributed by atoms with E-state index in [-0.39, 0.29) is 0 Å². The van der Waals surface area contributed by atoms with Crippen molar-refractivity contribution < 1.29 is 0 Å².